The summed E-state index contributed by atoms with van der Waals surface area (Å²) in [7, 11) is 0. The highest BCUT2D eigenvalue weighted by Crippen LogP contribution is 2.28. The molecule has 3 N–H and O–H groups in total. The van der Waals surface area contributed by atoms with Crippen LogP contribution in [0.1, 0.15) is 43.6 Å². The Labute approximate surface area is 125 Å². The molecule has 0 aliphatic rings. The number of hydrogen-bond acceptors (Lipinski definition) is 5. The zero-order chi connectivity index (χ0) is 15.4. The highest BCUT2D eigenvalue weighted by Gasteiger charge is 2.14. The summed E-state index contributed by atoms with van der Waals surface area (Å²) in [6.07, 6.45) is 1.01. The normalized spacial score (nSPS) is 10.8. The average molecular weight is 286 g/mol. The summed E-state index contributed by atoms with van der Waals surface area (Å²) in [6, 6.07) is 8.00. The van der Waals surface area contributed by atoms with E-state index in [1.165, 1.54) is 5.56 Å². The van der Waals surface area contributed by atoms with Crippen LogP contribution in [0.4, 0.5) is 5.82 Å². The van der Waals surface area contributed by atoms with E-state index in [-0.39, 0.29) is 5.92 Å². The average Bonchev–Trinajstić information content (AvgIpc) is 2.49. The number of hydrogen-bond donors (Lipinski definition) is 2. The number of anilines is 1. The standard InChI is InChI=1S/C16H22N4O/c1-5-12-6-8-13(9-7-12)21-16-11(4)15(20-17)18-14(19-16)10(2)3/h6-10H,5,17H2,1-4H3,(H,18,19,20). The molecule has 2 rings (SSSR count). The second-order valence-corrected chi connectivity index (χ2v) is 5.26. The van der Waals surface area contributed by atoms with E-state index in [1.807, 2.05) is 32.9 Å². The van der Waals surface area contributed by atoms with Crippen molar-refractivity contribution in [2.45, 2.75) is 40.0 Å². The van der Waals surface area contributed by atoms with Gasteiger partial charge in [-0.1, -0.05) is 32.9 Å². The predicted molar refractivity (Wildman–Crippen MR) is 84.6 cm³/mol. The molecule has 0 saturated heterocycles. The maximum atomic E-state index is 5.90. The van der Waals surface area contributed by atoms with Gasteiger partial charge in [0, 0.05) is 5.92 Å². The maximum Gasteiger partial charge on any atom is 0.227 e. The number of nitrogens with two attached hydrogens (primary N) is 1. The summed E-state index contributed by atoms with van der Waals surface area (Å²) in [4.78, 5) is 8.88. The Kier molecular flexibility index (Phi) is 4.75. The van der Waals surface area contributed by atoms with Gasteiger partial charge in [0.2, 0.25) is 5.88 Å². The maximum absolute atomic E-state index is 5.90. The molecule has 0 aliphatic carbocycles. The molecule has 5 nitrogen and oxygen atoms in total. The second-order valence-electron chi connectivity index (χ2n) is 5.26. The first-order valence-electron chi connectivity index (χ1n) is 7.17. The molecule has 0 amide bonds. The number of nitrogens with zero attached hydrogens (tertiary/aromatic N) is 2. The van der Waals surface area contributed by atoms with Gasteiger partial charge in [0.25, 0.3) is 0 Å². The van der Waals surface area contributed by atoms with Crippen LogP contribution in [-0.2, 0) is 6.42 Å². The van der Waals surface area contributed by atoms with Crippen LogP contribution < -0.4 is 16.0 Å². The minimum Gasteiger partial charge on any atom is -0.439 e. The number of aromatic nitrogens is 2. The van der Waals surface area contributed by atoms with E-state index in [9.17, 15) is 0 Å². The van der Waals surface area contributed by atoms with Crippen LogP contribution in [0.15, 0.2) is 24.3 Å². The van der Waals surface area contributed by atoms with Crippen molar-refractivity contribution in [2.75, 3.05) is 5.43 Å². The third kappa shape index (κ3) is 3.49. The quantitative estimate of drug-likeness (QED) is 0.649. The number of nitrogens with one attached hydrogen (secondary N) is 1. The number of nitrogen functional groups attached to an aromatic ring is 1. The van der Waals surface area contributed by atoms with E-state index < -0.39 is 0 Å². The first kappa shape index (κ1) is 15.3. The molecule has 5 heteroatoms. The summed E-state index contributed by atoms with van der Waals surface area (Å²) < 4.78 is 5.90. The van der Waals surface area contributed by atoms with Crippen molar-refractivity contribution in [2.24, 2.45) is 5.84 Å². The van der Waals surface area contributed by atoms with Gasteiger partial charge >= 0.3 is 0 Å². The number of rotatable bonds is 5. The topological polar surface area (TPSA) is 73.1 Å². The van der Waals surface area contributed by atoms with E-state index in [2.05, 4.69) is 34.5 Å². The summed E-state index contributed by atoms with van der Waals surface area (Å²) in [6.45, 7) is 8.07. The second kappa shape index (κ2) is 6.54. The number of aryl methyl sites for hydroxylation is 1. The molecule has 21 heavy (non-hydrogen) atoms. The fourth-order valence-electron chi connectivity index (χ4n) is 1.92. The fraction of sp³-hybridized carbons (Fsp3) is 0.375. The Morgan fingerprint density at radius 3 is 2.38 bits per heavy atom. The molecule has 0 aliphatic heterocycles. The van der Waals surface area contributed by atoms with Gasteiger partial charge in [-0.3, -0.25) is 0 Å². The molecule has 2 aromatic rings. The molecule has 0 unspecified atom stereocenters. The van der Waals surface area contributed by atoms with Crippen LogP contribution in [0.3, 0.4) is 0 Å². The van der Waals surface area contributed by atoms with Gasteiger partial charge in [-0.2, -0.15) is 4.98 Å². The Balaban J connectivity index is 2.35. The van der Waals surface area contributed by atoms with Crippen molar-refractivity contribution in [3.8, 4) is 11.6 Å². The van der Waals surface area contributed by atoms with Gasteiger partial charge in [0.05, 0.1) is 5.56 Å². The van der Waals surface area contributed by atoms with Crippen LogP contribution in [0, 0.1) is 6.92 Å². The zero-order valence-electron chi connectivity index (χ0n) is 13.0. The van der Waals surface area contributed by atoms with Gasteiger partial charge in [0.1, 0.15) is 11.6 Å². The Hall–Kier alpha value is -2.14. The monoisotopic (exact) mass is 286 g/mol. The van der Waals surface area contributed by atoms with Crippen molar-refractivity contribution in [1.82, 2.24) is 9.97 Å². The largest absolute Gasteiger partial charge is 0.439 e. The van der Waals surface area contributed by atoms with E-state index in [4.69, 9.17) is 10.6 Å². The first-order valence-corrected chi connectivity index (χ1v) is 7.17. The lowest BCUT2D eigenvalue weighted by atomic mass is 10.2. The van der Waals surface area contributed by atoms with Crippen molar-refractivity contribution in [1.29, 1.82) is 0 Å². The number of benzene rings is 1. The summed E-state index contributed by atoms with van der Waals surface area (Å²) >= 11 is 0. The third-order valence-electron chi connectivity index (χ3n) is 3.32. The van der Waals surface area contributed by atoms with Crippen LogP contribution >= 0.6 is 0 Å². The van der Waals surface area contributed by atoms with Gasteiger partial charge in [0.15, 0.2) is 5.82 Å². The van der Waals surface area contributed by atoms with Gasteiger partial charge in [-0.15, -0.1) is 0 Å². The molecule has 0 saturated carbocycles. The molecule has 0 atom stereocenters. The number of ether oxygens (including phenoxy) is 1. The molecule has 1 aromatic heterocycles. The lowest BCUT2D eigenvalue weighted by Gasteiger charge is -2.14. The van der Waals surface area contributed by atoms with Gasteiger partial charge in [-0.25, -0.2) is 10.8 Å². The van der Waals surface area contributed by atoms with Crippen molar-refractivity contribution >= 4 is 5.82 Å². The molecule has 112 valence electrons. The summed E-state index contributed by atoms with van der Waals surface area (Å²) in [5, 5.41) is 0. The molecule has 1 aromatic carbocycles. The fourth-order valence-corrected chi connectivity index (χ4v) is 1.92. The summed E-state index contributed by atoms with van der Waals surface area (Å²) in [5.74, 6) is 8.30. The Bertz CT molecular complexity index is 608. The molecule has 0 fully saturated rings. The molecule has 0 spiro atoms. The smallest absolute Gasteiger partial charge is 0.227 e. The van der Waals surface area contributed by atoms with E-state index in [0.29, 0.717) is 17.5 Å². The molecule has 0 radical (unpaired) electrons. The third-order valence-corrected chi connectivity index (χ3v) is 3.32. The van der Waals surface area contributed by atoms with Crippen molar-refractivity contribution < 1.29 is 4.74 Å². The minimum atomic E-state index is 0.197. The molecule has 1 heterocycles. The van der Waals surface area contributed by atoms with Crippen molar-refractivity contribution in [3.05, 3.63) is 41.2 Å². The molecule has 0 bridgehead atoms. The molecular weight excluding hydrogens is 264 g/mol. The first-order chi connectivity index (χ1) is 10.0. The van der Waals surface area contributed by atoms with Gasteiger partial charge in [-0.05, 0) is 31.0 Å². The Morgan fingerprint density at radius 1 is 1.19 bits per heavy atom. The Morgan fingerprint density at radius 2 is 1.86 bits per heavy atom. The van der Waals surface area contributed by atoms with Crippen LogP contribution in [0.5, 0.6) is 11.6 Å². The van der Waals surface area contributed by atoms with Gasteiger partial charge < -0.3 is 10.2 Å². The molecular formula is C16H22N4O. The van der Waals surface area contributed by atoms with E-state index >= 15 is 0 Å². The predicted octanol–water partition coefficient (Wildman–Crippen LogP) is 3.55. The lowest BCUT2D eigenvalue weighted by Crippen LogP contribution is -2.13. The highest BCUT2D eigenvalue weighted by atomic mass is 16.5. The van der Waals surface area contributed by atoms with Crippen LogP contribution in [0.2, 0.25) is 0 Å². The summed E-state index contributed by atoms with van der Waals surface area (Å²) in [5.41, 5.74) is 4.67. The number of hydrazine groups is 1. The minimum absolute atomic E-state index is 0.197. The van der Waals surface area contributed by atoms with E-state index in [0.717, 1.165) is 17.7 Å². The van der Waals surface area contributed by atoms with Crippen LogP contribution in [0.25, 0.3) is 0 Å². The van der Waals surface area contributed by atoms with E-state index in [1.54, 1.807) is 0 Å². The van der Waals surface area contributed by atoms with Crippen molar-refractivity contribution in [3.63, 3.8) is 0 Å². The zero-order valence-corrected chi connectivity index (χ0v) is 13.0. The van der Waals surface area contributed by atoms with Crippen LogP contribution in [-0.4, -0.2) is 9.97 Å². The highest BCUT2D eigenvalue weighted by molar-refractivity contribution is 5.49. The SMILES string of the molecule is CCc1ccc(Oc2nc(C(C)C)nc(NN)c2C)cc1. The lowest BCUT2D eigenvalue weighted by molar-refractivity contribution is 0.453.